The van der Waals surface area contributed by atoms with Crippen molar-refractivity contribution in [2.75, 3.05) is 13.7 Å². The van der Waals surface area contributed by atoms with Gasteiger partial charge in [0.05, 0.1) is 18.8 Å². The second-order valence-corrected chi connectivity index (χ2v) is 3.32. The molecule has 13 heavy (non-hydrogen) atoms. The maximum absolute atomic E-state index is 5.81. The van der Waals surface area contributed by atoms with Crippen LogP contribution in [0.15, 0.2) is 6.07 Å². The van der Waals surface area contributed by atoms with Crippen LogP contribution in [0.4, 0.5) is 0 Å². The van der Waals surface area contributed by atoms with Crippen LogP contribution in [0.5, 0.6) is 0 Å². The van der Waals surface area contributed by atoms with E-state index in [9.17, 15) is 0 Å². The second kappa shape index (κ2) is 4.39. The molecule has 1 rings (SSSR count). The van der Waals surface area contributed by atoms with Gasteiger partial charge < -0.3 is 10.5 Å². The Kier molecular flexibility index (Phi) is 3.45. The molecule has 1 unspecified atom stereocenters. The lowest BCUT2D eigenvalue weighted by Gasteiger charge is -2.11. The van der Waals surface area contributed by atoms with E-state index in [0.29, 0.717) is 13.2 Å². The van der Waals surface area contributed by atoms with Gasteiger partial charge in [-0.05, 0) is 19.9 Å². The maximum atomic E-state index is 5.81. The molecule has 2 N–H and O–H groups in total. The molecule has 1 aromatic rings. The molecule has 4 heteroatoms. The lowest BCUT2D eigenvalue weighted by molar-refractivity contribution is 0.172. The topological polar surface area (TPSA) is 53.1 Å². The zero-order valence-corrected chi connectivity index (χ0v) is 8.45. The first-order chi connectivity index (χ1) is 6.13. The van der Waals surface area contributed by atoms with Crippen LogP contribution in [-0.2, 0) is 11.3 Å². The Morgan fingerprint density at radius 1 is 1.62 bits per heavy atom. The normalized spacial score (nSPS) is 13.2. The van der Waals surface area contributed by atoms with Crippen molar-refractivity contribution in [3.8, 4) is 0 Å². The Morgan fingerprint density at radius 3 is 2.77 bits per heavy atom. The van der Waals surface area contributed by atoms with Crippen molar-refractivity contribution in [2.45, 2.75) is 26.4 Å². The molecule has 1 atom stereocenters. The molecule has 0 aliphatic rings. The van der Waals surface area contributed by atoms with Gasteiger partial charge in [0.2, 0.25) is 0 Å². The van der Waals surface area contributed by atoms with E-state index < -0.39 is 0 Å². The second-order valence-electron chi connectivity index (χ2n) is 3.32. The van der Waals surface area contributed by atoms with Gasteiger partial charge in [-0.15, -0.1) is 0 Å². The number of aromatic nitrogens is 2. The van der Waals surface area contributed by atoms with Crippen molar-refractivity contribution in [2.24, 2.45) is 5.73 Å². The fourth-order valence-electron chi connectivity index (χ4n) is 1.35. The number of aryl methyl sites for hydroxylation is 2. The third-order valence-corrected chi connectivity index (χ3v) is 1.89. The van der Waals surface area contributed by atoms with Crippen LogP contribution < -0.4 is 5.73 Å². The van der Waals surface area contributed by atoms with Gasteiger partial charge in [0.15, 0.2) is 0 Å². The van der Waals surface area contributed by atoms with Crippen LogP contribution in [0.2, 0.25) is 0 Å². The highest BCUT2D eigenvalue weighted by molar-refractivity contribution is 5.06. The first kappa shape index (κ1) is 10.2. The third-order valence-electron chi connectivity index (χ3n) is 1.89. The summed E-state index contributed by atoms with van der Waals surface area (Å²) in [5.41, 5.74) is 7.98. The highest BCUT2D eigenvalue weighted by Gasteiger charge is 2.06. The lowest BCUT2D eigenvalue weighted by Crippen LogP contribution is -2.31. The molecule has 0 fully saturated rings. The lowest BCUT2D eigenvalue weighted by atomic mass is 10.3. The molecular formula is C9H17N3O. The van der Waals surface area contributed by atoms with Gasteiger partial charge >= 0.3 is 0 Å². The molecule has 0 aromatic carbocycles. The Morgan fingerprint density at radius 2 is 2.31 bits per heavy atom. The largest absolute Gasteiger partial charge is 0.383 e. The molecule has 0 spiro atoms. The van der Waals surface area contributed by atoms with E-state index in [2.05, 4.69) is 5.10 Å². The van der Waals surface area contributed by atoms with E-state index in [1.54, 1.807) is 7.11 Å². The van der Waals surface area contributed by atoms with Crippen LogP contribution in [0.25, 0.3) is 0 Å². The van der Waals surface area contributed by atoms with E-state index in [0.717, 1.165) is 11.4 Å². The number of nitrogens with two attached hydrogens (primary N) is 1. The Hall–Kier alpha value is -0.870. The van der Waals surface area contributed by atoms with Crippen molar-refractivity contribution >= 4 is 0 Å². The molecule has 0 aliphatic heterocycles. The highest BCUT2D eigenvalue weighted by Crippen LogP contribution is 2.02. The quantitative estimate of drug-likeness (QED) is 0.738. The SMILES string of the molecule is COCC(N)Cn1nc(C)cc1C. The van der Waals surface area contributed by atoms with Gasteiger partial charge in [-0.1, -0.05) is 0 Å². The molecule has 0 saturated carbocycles. The molecular weight excluding hydrogens is 166 g/mol. The van der Waals surface area contributed by atoms with Gasteiger partial charge in [-0.25, -0.2) is 0 Å². The Balaban J connectivity index is 2.57. The number of rotatable bonds is 4. The molecule has 0 aliphatic carbocycles. The minimum absolute atomic E-state index is 0.0167. The standard InChI is InChI=1S/C9H17N3O/c1-7-4-8(2)12(11-7)5-9(10)6-13-3/h4,9H,5-6,10H2,1-3H3. The summed E-state index contributed by atoms with van der Waals surface area (Å²) >= 11 is 0. The summed E-state index contributed by atoms with van der Waals surface area (Å²) in [5, 5.41) is 4.31. The predicted octanol–water partition coefficient (Wildman–Crippen LogP) is 0.474. The number of hydrogen-bond acceptors (Lipinski definition) is 3. The van der Waals surface area contributed by atoms with Crippen molar-refractivity contribution in [1.29, 1.82) is 0 Å². The number of hydrogen-bond donors (Lipinski definition) is 1. The van der Waals surface area contributed by atoms with Crippen molar-refractivity contribution in [3.05, 3.63) is 17.5 Å². The molecule has 0 radical (unpaired) electrons. The molecule has 0 bridgehead atoms. The number of ether oxygens (including phenoxy) is 1. The summed E-state index contributed by atoms with van der Waals surface area (Å²) in [6.45, 7) is 5.29. The zero-order chi connectivity index (χ0) is 9.84. The first-order valence-electron chi connectivity index (χ1n) is 4.39. The monoisotopic (exact) mass is 183 g/mol. The first-order valence-corrected chi connectivity index (χ1v) is 4.39. The van der Waals surface area contributed by atoms with Crippen LogP contribution >= 0.6 is 0 Å². The van der Waals surface area contributed by atoms with Crippen molar-refractivity contribution in [3.63, 3.8) is 0 Å². The van der Waals surface area contributed by atoms with Crippen LogP contribution in [0.3, 0.4) is 0 Å². The van der Waals surface area contributed by atoms with E-state index in [1.165, 1.54) is 0 Å². The fourth-order valence-corrected chi connectivity index (χ4v) is 1.35. The molecule has 0 saturated heterocycles. The molecule has 1 aromatic heterocycles. The Labute approximate surface area is 78.7 Å². The highest BCUT2D eigenvalue weighted by atomic mass is 16.5. The minimum Gasteiger partial charge on any atom is -0.383 e. The third kappa shape index (κ3) is 2.82. The van der Waals surface area contributed by atoms with Gasteiger partial charge in [0.1, 0.15) is 0 Å². The summed E-state index contributed by atoms with van der Waals surface area (Å²) in [6.07, 6.45) is 0. The predicted molar refractivity (Wildman–Crippen MR) is 51.6 cm³/mol. The smallest absolute Gasteiger partial charge is 0.0631 e. The summed E-state index contributed by atoms with van der Waals surface area (Å²) in [4.78, 5) is 0. The zero-order valence-electron chi connectivity index (χ0n) is 8.45. The molecule has 4 nitrogen and oxygen atoms in total. The average Bonchev–Trinajstić information content (AvgIpc) is 2.30. The van der Waals surface area contributed by atoms with Gasteiger partial charge in [-0.3, -0.25) is 4.68 Å². The van der Waals surface area contributed by atoms with Crippen molar-refractivity contribution in [1.82, 2.24) is 9.78 Å². The summed E-state index contributed by atoms with van der Waals surface area (Å²) in [6, 6.07) is 2.06. The molecule has 0 amide bonds. The molecule has 74 valence electrons. The van der Waals surface area contributed by atoms with E-state index in [4.69, 9.17) is 10.5 Å². The van der Waals surface area contributed by atoms with Gasteiger partial charge in [0, 0.05) is 18.8 Å². The van der Waals surface area contributed by atoms with Crippen LogP contribution in [0.1, 0.15) is 11.4 Å². The average molecular weight is 183 g/mol. The van der Waals surface area contributed by atoms with E-state index in [1.807, 2.05) is 24.6 Å². The fraction of sp³-hybridized carbons (Fsp3) is 0.667. The number of methoxy groups -OCH3 is 1. The molecule has 1 heterocycles. The summed E-state index contributed by atoms with van der Waals surface area (Å²) < 4.78 is 6.87. The van der Waals surface area contributed by atoms with Crippen LogP contribution in [0, 0.1) is 13.8 Å². The Bertz CT molecular complexity index is 270. The summed E-state index contributed by atoms with van der Waals surface area (Å²) in [7, 11) is 1.65. The van der Waals surface area contributed by atoms with E-state index >= 15 is 0 Å². The van der Waals surface area contributed by atoms with E-state index in [-0.39, 0.29) is 6.04 Å². The van der Waals surface area contributed by atoms with Crippen LogP contribution in [-0.4, -0.2) is 29.5 Å². The maximum Gasteiger partial charge on any atom is 0.0631 e. The van der Waals surface area contributed by atoms with Crippen molar-refractivity contribution < 1.29 is 4.74 Å². The van der Waals surface area contributed by atoms with Gasteiger partial charge in [-0.2, -0.15) is 5.10 Å². The number of nitrogens with zero attached hydrogens (tertiary/aromatic N) is 2. The summed E-state index contributed by atoms with van der Waals surface area (Å²) in [5.74, 6) is 0. The van der Waals surface area contributed by atoms with Gasteiger partial charge in [0.25, 0.3) is 0 Å². The minimum atomic E-state index is 0.0167.